The average molecular weight is 735 g/mol. The number of nitrogens with zero attached hydrogens (tertiary/aromatic N) is 2. The van der Waals surface area contributed by atoms with Gasteiger partial charge in [-0.2, -0.15) is 0 Å². The van der Waals surface area contributed by atoms with E-state index in [-0.39, 0.29) is 0 Å². The third-order valence-electron chi connectivity index (χ3n) is 12.7. The first kappa shape index (κ1) is 31.5. The lowest BCUT2D eigenvalue weighted by atomic mass is 9.85. The highest BCUT2D eigenvalue weighted by Crippen LogP contribution is 2.45. The van der Waals surface area contributed by atoms with Crippen LogP contribution in [0.2, 0.25) is 0 Å². The molecular weight excluding hydrogens is 701 g/mol. The summed E-state index contributed by atoms with van der Waals surface area (Å²) in [6, 6.07) is 76.2. The average Bonchev–Trinajstić information content (AvgIpc) is 3.81. The van der Waals surface area contributed by atoms with Crippen molar-refractivity contribution in [1.82, 2.24) is 9.13 Å². The van der Waals surface area contributed by atoms with E-state index in [1.807, 2.05) is 0 Å². The minimum atomic E-state index is 1.17. The first-order chi connectivity index (χ1) is 28.8. The Balaban J connectivity index is 0.935. The zero-order valence-electron chi connectivity index (χ0n) is 31.5. The van der Waals surface area contributed by atoms with Gasteiger partial charge in [0.15, 0.2) is 0 Å². The number of aromatic nitrogens is 2. The fourth-order valence-electron chi connectivity index (χ4n) is 10.2. The molecule has 0 N–H and O–H groups in total. The van der Waals surface area contributed by atoms with Crippen molar-refractivity contribution in [2.45, 2.75) is 0 Å². The number of para-hydroxylation sites is 4. The molecule has 0 unspecified atom stereocenters. The van der Waals surface area contributed by atoms with E-state index in [4.69, 9.17) is 0 Å². The van der Waals surface area contributed by atoms with E-state index < -0.39 is 0 Å². The second-order valence-electron chi connectivity index (χ2n) is 15.6. The third kappa shape index (κ3) is 4.32. The summed E-state index contributed by atoms with van der Waals surface area (Å²) in [5, 5.41) is 15.5. The summed E-state index contributed by atoms with van der Waals surface area (Å²) in [7, 11) is 0. The smallest absolute Gasteiger partial charge is 0.0541 e. The van der Waals surface area contributed by atoms with Gasteiger partial charge in [0, 0.05) is 32.9 Å². The summed E-state index contributed by atoms with van der Waals surface area (Å²) in [6.45, 7) is 0. The Morgan fingerprint density at radius 1 is 0.207 bits per heavy atom. The molecule has 2 aromatic heterocycles. The maximum absolute atomic E-state index is 2.39. The Morgan fingerprint density at radius 2 is 0.500 bits per heavy atom. The minimum absolute atomic E-state index is 1.17. The molecule has 0 atom stereocenters. The monoisotopic (exact) mass is 734 g/mol. The summed E-state index contributed by atoms with van der Waals surface area (Å²) < 4.78 is 4.77. The van der Waals surface area contributed by atoms with Crippen LogP contribution in [-0.2, 0) is 0 Å². The van der Waals surface area contributed by atoms with Gasteiger partial charge in [-0.05, 0) is 114 Å². The number of hydrogen-bond donors (Lipinski definition) is 0. The van der Waals surface area contributed by atoms with E-state index in [0.717, 1.165) is 0 Å². The topological polar surface area (TPSA) is 9.86 Å². The lowest BCUT2D eigenvalue weighted by molar-refractivity contribution is 1.18. The second kappa shape index (κ2) is 11.9. The quantitative estimate of drug-likeness (QED) is 0.126. The van der Waals surface area contributed by atoms with Gasteiger partial charge in [-0.15, -0.1) is 0 Å². The van der Waals surface area contributed by atoms with Gasteiger partial charge in [0.25, 0.3) is 0 Å². The Kier molecular flexibility index (Phi) is 6.47. The maximum atomic E-state index is 2.39. The van der Waals surface area contributed by atoms with Crippen LogP contribution in [-0.4, -0.2) is 9.13 Å². The standard InChI is InChI=1S/C56H34N2/c1-5-19-51-41(11-1)42-12-2-6-20-52(42)57(51)37-27-23-35(24-28-37)39-31-33-49-48-18-10-16-46-40(32-34-50(56(46)48)47-17-9-15-45(39)55(47)49)36-25-29-38(30-26-36)58-53-21-7-3-13-43(53)44-14-4-8-22-54(44)58/h1-34H. The van der Waals surface area contributed by atoms with Gasteiger partial charge in [0.1, 0.15) is 0 Å². The first-order valence-corrected chi connectivity index (χ1v) is 20.1. The highest BCUT2D eigenvalue weighted by atomic mass is 15.0. The predicted octanol–water partition coefficient (Wildman–Crippen LogP) is 15.3. The largest absolute Gasteiger partial charge is 0.309 e. The van der Waals surface area contributed by atoms with Crippen LogP contribution < -0.4 is 0 Å². The van der Waals surface area contributed by atoms with Gasteiger partial charge in [0.2, 0.25) is 0 Å². The molecule has 2 heteroatoms. The van der Waals surface area contributed by atoms with Crippen molar-refractivity contribution < 1.29 is 0 Å². The summed E-state index contributed by atoms with van der Waals surface area (Å²) in [5.74, 6) is 0. The molecule has 2 heterocycles. The highest BCUT2D eigenvalue weighted by Gasteiger charge is 2.19. The van der Waals surface area contributed by atoms with E-state index in [1.54, 1.807) is 0 Å². The lowest BCUT2D eigenvalue weighted by Crippen LogP contribution is -1.94. The Labute approximate surface area is 334 Å². The van der Waals surface area contributed by atoms with Crippen LogP contribution in [0.3, 0.4) is 0 Å². The third-order valence-corrected chi connectivity index (χ3v) is 12.7. The van der Waals surface area contributed by atoms with Crippen LogP contribution in [0.1, 0.15) is 0 Å². The number of rotatable bonds is 4. The van der Waals surface area contributed by atoms with Crippen molar-refractivity contribution >= 4 is 86.7 Å². The Hall–Kier alpha value is -7.68. The van der Waals surface area contributed by atoms with Crippen LogP contribution in [0.4, 0.5) is 0 Å². The van der Waals surface area contributed by atoms with Crippen molar-refractivity contribution in [1.29, 1.82) is 0 Å². The summed E-state index contributed by atoms with van der Waals surface area (Å²) in [5.41, 5.74) is 12.2. The number of hydrogen-bond acceptors (Lipinski definition) is 0. The number of benzene rings is 11. The molecule has 0 radical (unpaired) electrons. The molecular formula is C56H34N2. The van der Waals surface area contributed by atoms with E-state index in [1.165, 1.54) is 120 Å². The molecule has 2 nitrogen and oxygen atoms in total. The predicted molar refractivity (Wildman–Crippen MR) is 247 cm³/mol. The molecule has 13 aromatic rings. The van der Waals surface area contributed by atoms with E-state index in [9.17, 15) is 0 Å². The van der Waals surface area contributed by atoms with Crippen molar-refractivity contribution in [3.05, 3.63) is 206 Å². The molecule has 13 rings (SSSR count). The molecule has 0 spiro atoms. The molecule has 0 amide bonds. The van der Waals surface area contributed by atoms with Crippen molar-refractivity contribution in [3.63, 3.8) is 0 Å². The fraction of sp³-hybridized carbons (Fsp3) is 0. The van der Waals surface area contributed by atoms with Crippen LogP contribution in [0.25, 0.3) is 120 Å². The van der Waals surface area contributed by atoms with Crippen molar-refractivity contribution in [2.24, 2.45) is 0 Å². The van der Waals surface area contributed by atoms with E-state index in [2.05, 4.69) is 215 Å². The van der Waals surface area contributed by atoms with Gasteiger partial charge < -0.3 is 9.13 Å². The van der Waals surface area contributed by atoms with Gasteiger partial charge in [-0.3, -0.25) is 0 Å². The zero-order chi connectivity index (χ0) is 37.9. The van der Waals surface area contributed by atoms with Gasteiger partial charge in [-0.1, -0.05) is 158 Å². The van der Waals surface area contributed by atoms with Crippen molar-refractivity contribution in [3.8, 4) is 33.6 Å². The fourth-order valence-corrected chi connectivity index (χ4v) is 10.2. The normalized spacial score (nSPS) is 12.1. The second-order valence-corrected chi connectivity index (χ2v) is 15.6. The van der Waals surface area contributed by atoms with Gasteiger partial charge in [-0.25, -0.2) is 0 Å². The molecule has 0 saturated carbocycles. The zero-order valence-corrected chi connectivity index (χ0v) is 31.5. The van der Waals surface area contributed by atoms with E-state index in [0.29, 0.717) is 0 Å². The minimum Gasteiger partial charge on any atom is -0.309 e. The van der Waals surface area contributed by atoms with Gasteiger partial charge in [0.05, 0.1) is 22.1 Å². The molecule has 11 aromatic carbocycles. The Bertz CT molecular complexity index is 3390. The molecule has 268 valence electrons. The van der Waals surface area contributed by atoms with Crippen LogP contribution >= 0.6 is 0 Å². The van der Waals surface area contributed by atoms with Crippen LogP contribution in [0.5, 0.6) is 0 Å². The lowest BCUT2D eigenvalue weighted by Gasteiger charge is -2.18. The molecule has 0 aliphatic heterocycles. The molecule has 0 fully saturated rings. The maximum Gasteiger partial charge on any atom is 0.0541 e. The van der Waals surface area contributed by atoms with Crippen molar-refractivity contribution in [2.75, 3.05) is 0 Å². The van der Waals surface area contributed by atoms with Crippen LogP contribution in [0.15, 0.2) is 206 Å². The molecule has 0 aliphatic carbocycles. The van der Waals surface area contributed by atoms with Gasteiger partial charge >= 0.3 is 0 Å². The first-order valence-electron chi connectivity index (χ1n) is 20.1. The molecule has 0 bridgehead atoms. The summed E-state index contributed by atoms with van der Waals surface area (Å²) in [6.07, 6.45) is 0. The molecule has 0 aliphatic rings. The van der Waals surface area contributed by atoms with E-state index >= 15 is 0 Å². The Morgan fingerprint density at radius 3 is 0.862 bits per heavy atom. The SMILES string of the molecule is c1cc2c(-c3ccc(-n4c5ccccc5c5ccccc54)cc3)ccc3c4cccc5c(-c6ccc(-n7c8ccccc8c8ccccc87)cc6)ccc(c(c1)c23)c54. The summed E-state index contributed by atoms with van der Waals surface area (Å²) >= 11 is 0. The molecule has 58 heavy (non-hydrogen) atoms. The number of fused-ring (bicyclic) bond motifs is 8. The van der Waals surface area contributed by atoms with Crippen LogP contribution in [0, 0.1) is 0 Å². The summed E-state index contributed by atoms with van der Waals surface area (Å²) in [4.78, 5) is 0. The molecule has 0 saturated heterocycles. The highest BCUT2D eigenvalue weighted by molar-refractivity contribution is 6.35.